The Morgan fingerprint density at radius 1 is 1.57 bits per heavy atom. The second-order valence-corrected chi connectivity index (χ2v) is 3.45. The average molecular weight is 208 g/mol. The highest BCUT2D eigenvalue weighted by Crippen LogP contribution is 2.17. The molecule has 0 spiro atoms. The standard InChI is InChI=1S/C9H8N2O2S/c1-14-9-10-7(4-8(12)11-9)6-2-3-13-5-6/h2-5H,1H3,(H,10,11,12). The summed E-state index contributed by atoms with van der Waals surface area (Å²) in [7, 11) is 0. The summed E-state index contributed by atoms with van der Waals surface area (Å²) in [5.41, 5.74) is 1.29. The summed E-state index contributed by atoms with van der Waals surface area (Å²) in [6.07, 6.45) is 4.97. The molecule has 5 heteroatoms. The van der Waals surface area contributed by atoms with Crippen LogP contribution in [-0.4, -0.2) is 16.2 Å². The molecule has 0 radical (unpaired) electrons. The molecule has 0 atom stereocenters. The maximum atomic E-state index is 11.2. The molecule has 0 aromatic carbocycles. The van der Waals surface area contributed by atoms with E-state index in [4.69, 9.17) is 4.42 Å². The fraction of sp³-hybridized carbons (Fsp3) is 0.111. The average Bonchev–Trinajstić information content (AvgIpc) is 2.69. The van der Waals surface area contributed by atoms with E-state index in [1.807, 2.05) is 6.26 Å². The van der Waals surface area contributed by atoms with Gasteiger partial charge in [0, 0.05) is 11.6 Å². The molecule has 0 bridgehead atoms. The summed E-state index contributed by atoms with van der Waals surface area (Å²) < 4.78 is 4.92. The Bertz CT molecular complexity index is 476. The van der Waals surface area contributed by atoms with Gasteiger partial charge in [-0.15, -0.1) is 0 Å². The van der Waals surface area contributed by atoms with Crippen molar-refractivity contribution in [2.75, 3.05) is 6.26 Å². The van der Waals surface area contributed by atoms with Crippen molar-refractivity contribution in [2.45, 2.75) is 5.16 Å². The van der Waals surface area contributed by atoms with Gasteiger partial charge in [0.25, 0.3) is 5.56 Å². The summed E-state index contributed by atoms with van der Waals surface area (Å²) in [5.74, 6) is 0. The zero-order valence-corrected chi connectivity index (χ0v) is 8.30. The van der Waals surface area contributed by atoms with Crippen molar-refractivity contribution in [3.05, 3.63) is 35.0 Å². The van der Waals surface area contributed by atoms with Crippen LogP contribution in [0.4, 0.5) is 0 Å². The van der Waals surface area contributed by atoms with E-state index in [1.54, 1.807) is 18.6 Å². The van der Waals surface area contributed by atoms with Crippen LogP contribution in [0.3, 0.4) is 0 Å². The Kier molecular flexibility index (Phi) is 2.41. The minimum atomic E-state index is -0.152. The van der Waals surface area contributed by atoms with Gasteiger partial charge in [0.2, 0.25) is 0 Å². The first kappa shape index (κ1) is 9.08. The van der Waals surface area contributed by atoms with Crippen molar-refractivity contribution >= 4 is 11.8 Å². The number of aromatic nitrogens is 2. The van der Waals surface area contributed by atoms with Gasteiger partial charge in [0.1, 0.15) is 0 Å². The van der Waals surface area contributed by atoms with Gasteiger partial charge in [0.05, 0.1) is 18.2 Å². The monoisotopic (exact) mass is 208 g/mol. The lowest BCUT2D eigenvalue weighted by Gasteiger charge is -1.98. The number of hydrogen-bond donors (Lipinski definition) is 1. The predicted octanol–water partition coefficient (Wildman–Crippen LogP) is 1.75. The maximum Gasteiger partial charge on any atom is 0.252 e. The zero-order valence-electron chi connectivity index (χ0n) is 7.48. The highest BCUT2D eigenvalue weighted by Gasteiger charge is 2.03. The van der Waals surface area contributed by atoms with Gasteiger partial charge in [-0.05, 0) is 12.3 Å². The summed E-state index contributed by atoms with van der Waals surface area (Å²) in [6, 6.07) is 3.22. The van der Waals surface area contributed by atoms with Crippen molar-refractivity contribution in [3.63, 3.8) is 0 Å². The highest BCUT2D eigenvalue weighted by molar-refractivity contribution is 7.98. The van der Waals surface area contributed by atoms with Crippen LogP contribution >= 0.6 is 11.8 Å². The second kappa shape index (κ2) is 3.71. The Balaban J connectivity index is 2.54. The first-order chi connectivity index (χ1) is 6.79. The largest absolute Gasteiger partial charge is 0.472 e. The molecule has 2 aromatic heterocycles. The lowest BCUT2D eigenvalue weighted by Crippen LogP contribution is -2.07. The third kappa shape index (κ3) is 1.72. The summed E-state index contributed by atoms with van der Waals surface area (Å²) in [4.78, 5) is 18.1. The first-order valence-electron chi connectivity index (χ1n) is 3.97. The molecule has 2 aromatic rings. The molecule has 2 heterocycles. The molecule has 1 N–H and O–H groups in total. The van der Waals surface area contributed by atoms with Gasteiger partial charge in [-0.25, -0.2) is 4.98 Å². The molecule has 0 amide bonds. The van der Waals surface area contributed by atoms with E-state index in [-0.39, 0.29) is 5.56 Å². The molecule has 0 aliphatic heterocycles. The van der Waals surface area contributed by atoms with Gasteiger partial charge in [-0.2, -0.15) is 0 Å². The maximum absolute atomic E-state index is 11.2. The number of aromatic amines is 1. The van der Waals surface area contributed by atoms with E-state index in [2.05, 4.69) is 9.97 Å². The van der Waals surface area contributed by atoms with Crippen LogP contribution in [0.2, 0.25) is 0 Å². The van der Waals surface area contributed by atoms with Crippen LogP contribution in [0.1, 0.15) is 0 Å². The third-order valence-corrected chi connectivity index (χ3v) is 2.31. The second-order valence-electron chi connectivity index (χ2n) is 2.65. The molecule has 4 nitrogen and oxygen atoms in total. The molecule has 0 saturated carbocycles. The van der Waals surface area contributed by atoms with Crippen LogP contribution in [0.25, 0.3) is 11.3 Å². The molecule has 0 unspecified atom stereocenters. The molecule has 0 aliphatic carbocycles. The summed E-state index contributed by atoms with van der Waals surface area (Å²) >= 11 is 1.40. The number of nitrogens with one attached hydrogen (secondary N) is 1. The summed E-state index contributed by atoms with van der Waals surface area (Å²) in [5, 5.41) is 0.605. The molecule has 14 heavy (non-hydrogen) atoms. The van der Waals surface area contributed by atoms with E-state index < -0.39 is 0 Å². The first-order valence-corrected chi connectivity index (χ1v) is 5.20. The van der Waals surface area contributed by atoms with Crippen molar-refractivity contribution in [3.8, 4) is 11.3 Å². The molecule has 72 valence electrons. The van der Waals surface area contributed by atoms with Crippen LogP contribution < -0.4 is 5.56 Å². The Morgan fingerprint density at radius 2 is 2.43 bits per heavy atom. The van der Waals surface area contributed by atoms with Gasteiger partial charge < -0.3 is 9.40 Å². The molecule has 0 aliphatic rings. The van der Waals surface area contributed by atoms with Gasteiger partial charge in [0.15, 0.2) is 5.16 Å². The normalized spacial score (nSPS) is 10.4. The zero-order chi connectivity index (χ0) is 9.97. The number of H-pyrrole nitrogens is 1. The summed E-state index contributed by atoms with van der Waals surface area (Å²) in [6.45, 7) is 0. The SMILES string of the molecule is CSc1nc(-c2ccoc2)cc(=O)[nH]1. The quantitative estimate of drug-likeness (QED) is 0.603. The Hall–Kier alpha value is -1.49. The van der Waals surface area contributed by atoms with Gasteiger partial charge in [-0.1, -0.05) is 11.8 Å². The lowest BCUT2D eigenvalue weighted by molar-refractivity contribution is 0.568. The molecule has 0 saturated heterocycles. The van der Waals surface area contributed by atoms with E-state index in [1.165, 1.54) is 17.8 Å². The fourth-order valence-corrected chi connectivity index (χ4v) is 1.48. The smallest absolute Gasteiger partial charge is 0.252 e. The van der Waals surface area contributed by atoms with E-state index in [0.29, 0.717) is 10.9 Å². The highest BCUT2D eigenvalue weighted by atomic mass is 32.2. The van der Waals surface area contributed by atoms with E-state index in [0.717, 1.165) is 5.56 Å². The molecular formula is C9H8N2O2S. The molecule has 0 fully saturated rings. The van der Waals surface area contributed by atoms with Crippen molar-refractivity contribution < 1.29 is 4.42 Å². The minimum absolute atomic E-state index is 0.152. The minimum Gasteiger partial charge on any atom is -0.472 e. The number of hydrogen-bond acceptors (Lipinski definition) is 4. The third-order valence-electron chi connectivity index (χ3n) is 1.73. The van der Waals surface area contributed by atoms with Gasteiger partial charge in [-0.3, -0.25) is 4.79 Å². The van der Waals surface area contributed by atoms with Crippen LogP contribution in [-0.2, 0) is 0 Å². The fourth-order valence-electron chi connectivity index (χ4n) is 1.09. The topological polar surface area (TPSA) is 58.9 Å². The predicted molar refractivity (Wildman–Crippen MR) is 54.3 cm³/mol. The van der Waals surface area contributed by atoms with E-state index in [9.17, 15) is 4.79 Å². The van der Waals surface area contributed by atoms with Gasteiger partial charge >= 0.3 is 0 Å². The van der Waals surface area contributed by atoms with Crippen molar-refractivity contribution in [2.24, 2.45) is 0 Å². The number of nitrogens with zero attached hydrogens (tertiary/aromatic N) is 1. The van der Waals surface area contributed by atoms with Crippen LogP contribution in [0, 0.1) is 0 Å². The number of rotatable bonds is 2. The molecule has 2 rings (SSSR count). The Morgan fingerprint density at radius 3 is 3.07 bits per heavy atom. The number of furan rings is 1. The van der Waals surface area contributed by atoms with Crippen LogP contribution in [0.15, 0.2) is 39.0 Å². The van der Waals surface area contributed by atoms with Crippen LogP contribution in [0.5, 0.6) is 0 Å². The molecular weight excluding hydrogens is 200 g/mol. The van der Waals surface area contributed by atoms with Crippen molar-refractivity contribution in [1.82, 2.24) is 9.97 Å². The Labute approximate surface area is 84.4 Å². The van der Waals surface area contributed by atoms with Crippen molar-refractivity contribution in [1.29, 1.82) is 0 Å². The van der Waals surface area contributed by atoms with E-state index >= 15 is 0 Å². The lowest BCUT2D eigenvalue weighted by atomic mass is 10.2. The number of thioether (sulfide) groups is 1.